The summed E-state index contributed by atoms with van der Waals surface area (Å²) in [5.74, 6) is 0. The van der Waals surface area contributed by atoms with E-state index in [-0.39, 0.29) is 5.54 Å². The molecule has 0 unspecified atom stereocenters. The van der Waals surface area contributed by atoms with E-state index in [2.05, 4.69) is 17.6 Å². The molecule has 0 atom stereocenters. The average molecular weight is 282 g/mol. The minimum atomic E-state index is -3.10. The molecule has 0 aliphatic carbocycles. The Labute approximate surface area is 115 Å². The molecule has 0 amide bonds. The molecule has 0 spiro atoms. The number of piperidine rings is 1. The van der Waals surface area contributed by atoms with Gasteiger partial charge in [0.05, 0.1) is 4.90 Å². The molecule has 1 fully saturated rings. The highest BCUT2D eigenvalue weighted by atomic mass is 32.2. The molecule has 1 aliphatic heterocycles. The van der Waals surface area contributed by atoms with Gasteiger partial charge in [-0.3, -0.25) is 0 Å². The lowest BCUT2D eigenvalue weighted by Gasteiger charge is -2.35. The number of sulfone groups is 1. The van der Waals surface area contributed by atoms with Gasteiger partial charge in [-0.05, 0) is 50.6 Å². The molecule has 19 heavy (non-hydrogen) atoms. The summed E-state index contributed by atoms with van der Waals surface area (Å²) in [6, 6.07) is 7.12. The zero-order chi connectivity index (χ0) is 13.9. The van der Waals surface area contributed by atoms with E-state index in [0.29, 0.717) is 4.90 Å². The van der Waals surface area contributed by atoms with Gasteiger partial charge in [-0.15, -0.1) is 0 Å². The zero-order valence-electron chi connectivity index (χ0n) is 11.6. The molecule has 1 saturated heterocycles. The van der Waals surface area contributed by atoms with Gasteiger partial charge in [0.25, 0.3) is 0 Å². The van der Waals surface area contributed by atoms with E-state index < -0.39 is 9.84 Å². The highest BCUT2D eigenvalue weighted by molar-refractivity contribution is 7.90. The molecule has 4 nitrogen and oxygen atoms in total. The molecule has 0 aromatic heterocycles. The van der Waals surface area contributed by atoms with Crippen molar-refractivity contribution in [2.45, 2.75) is 36.7 Å². The van der Waals surface area contributed by atoms with Gasteiger partial charge in [0.1, 0.15) is 0 Å². The van der Waals surface area contributed by atoms with Crippen LogP contribution < -0.4 is 10.6 Å². The highest BCUT2D eigenvalue weighted by Crippen LogP contribution is 2.18. The summed E-state index contributed by atoms with van der Waals surface area (Å²) in [4.78, 5) is 0.379. The van der Waals surface area contributed by atoms with Crippen molar-refractivity contribution in [2.75, 3.05) is 19.3 Å². The van der Waals surface area contributed by atoms with Crippen LogP contribution in [0.3, 0.4) is 0 Å². The van der Waals surface area contributed by atoms with Crippen molar-refractivity contribution in [3.8, 4) is 0 Å². The van der Waals surface area contributed by atoms with Gasteiger partial charge in [-0.1, -0.05) is 12.1 Å². The molecule has 5 heteroatoms. The highest BCUT2D eigenvalue weighted by Gasteiger charge is 2.25. The molecule has 2 N–H and O–H groups in total. The second-order valence-corrected chi connectivity index (χ2v) is 7.60. The van der Waals surface area contributed by atoms with E-state index in [9.17, 15) is 8.42 Å². The van der Waals surface area contributed by atoms with Crippen LogP contribution in [0.5, 0.6) is 0 Å². The van der Waals surface area contributed by atoms with Crippen molar-refractivity contribution in [3.05, 3.63) is 29.8 Å². The quantitative estimate of drug-likeness (QED) is 0.874. The second-order valence-electron chi connectivity index (χ2n) is 5.58. The van der Waals surface area contributed by atoms with Gasteiger partial charge in [0.15, 0.2) is 9.84 Å². The van der Waals surface area contributed by atoms with Gasteiger partial charge in [-0.2, -0.15) is 0 Å². The summed E-state index contributed by atoms with van der Waals surface area (Å²) in [5, 5.41) is 6.94. The van der Waals surface area contributed by atoms with Gasteiger partial charge in [-0.25, -0.2) is 8.42 Å². The molecular formula is C14H22N2O2S. The molecule has 2 rings (SSSR count). The lowest BCUT2D eigenvalue weighted by molar-refractivity contribution is 0.265. The maximum absolute atomic E-state index is 11.4. The first-order valence-electron chi connectivity index (χ1n) is 6.64. The summed E-state index contributed by atoms with van der Waals surface area (Å²) in [7, 11) is -3.10. The summed E-state index contributed by atoms with van der Waals surface area (Å²) in [5.41, 5.74) is 1.30. The van der Waals surface area contributed by atoms with E-state index in [1.165, 1.54) is 6.26 Å². The molecule has 1 aliphatic rings. The fraction of sp³-hybridized carbons (Fsp3) is 0.571. The Morgan fingerprint density at radius 3 is 2.32 bits per heavy atom. The van der Waals surface area contributed by atoms with Gasteiger partial charge in [0, 0.05) is 18.3 Å². The zero-order valence-corrected chi connectivity index (χ0v) is 12.4. The molecule has 0 saturated carbocycles. The van der Waals surface area contributed by atoms with Crippen molar-refractivity contribution in [1.82, 2.24) is 10.6 Å². The Morgan fingerprint density at radius 2 is 1.79 bits per heavy atom. The topological polar surface area (TPSA) is 58.2 Å². The first-order valence-corrected chi connectivity index (χ1v) is 8.53. The van der Waals surface area contributed by atoms with E-state index in [0.717, 1.165) is 38.0 Å². The van der Waals surface area contributed by atoms with Crippen LogP contribution in [0.2, 0.25) is 0 Å². The minimum absolute atomic E-state index is 0.181. The number of benzene rings is 1. The van der Waals surface area contributed by atoms with Gasteiger partial charge in [0.2, 0.25) is 0 Å². The third-order valence-electron chi connectivity index (χ3n) is 3.78. The second kappa shape index (κ2) is 5.61. The van der Waals surface area contributed by atoms with Gasteiger partial charge >= 0.3 is 0 Å². The lowest BCUT2D eigenvalue weighted by atomic mass is 9.90. The standard InChI is InChI=1S/C14H22N2O2S/c1-14(7-9-15-10-8-14)16-11-12-3-5-13(6-4-12)19(2,17)18/h3-6,15-16H,7-11H2,1-2H3. The van der Waals surface area contributed by atoms with Crippen LogP contribution in [0, 0.1) is 0 Å². The summed E-state index contributed by atoms with van der Waals surface area (Å²) < 4.78 is 22.8. The predicted molar refractivity (Wildman–Crippen MR) is 76.9 cm³/mol. The number of hydrogen-bond acceptors (Lipinski definition) is 4. The maximum Gasteiger partial charge on any atom is 0.175 e. The summed E-state index contributed by atoms with van der Waals surface area (Å²) >= 11 is 0. The normalized spacial score (nSPS) is 19.3. The average Bonchev–Trinajstić information content (AvgIpc) is 2.37. The van der Waals surface area contributed by atoms with E-state index >= 15 is 0 Å². The van der Waals surface area contributed by atoms with Crippen LogP contribution in [-0.2, 0) is 16.4 Å². The Morgan fingerprint density at radius 1 is 1.21 bits per heavy atom. The molecular weight excluding hydrogens is 260 g/mol. The number of rotatable bonds is 4. The minimum Gasteiger partial charge on any atom is -0.317 e. The number of nitrogens with one attached hydrogen (secondary N) is 2. The largest absolute Gasteiger partial charge is 0.317 e. The molecule has 0 bridgehead atoms. The van der Waals surface area contributed by atoms with E-state index in [1.807, 2.05) is 12.1 Å². The van der Waals surface area contributed by atoms with Crippen LogP contribution in [-0.4, -0.2) is 33.3 Å². The van der Waals surface area contributed by atoms with Crippen LogP contribution in [0.1, 0.15) is 25.3 Å². The van der Waals surface area contributed by atoms with Gasteiger partial charge < -0.3 is 10.6 Å². The lowest BCUT2D eigenvalue weighted by Crippen LogP contribution is -2.49. The van der Waals surface area contributed by atoms with Crippen LogP contribution in [0.15, 0.2) is 29.2 Å². The van der Waals surface area contributed by atoms with E-state index in [4.69, 9.17) is 0 Å². The number of hydrogen-bond donors (Lipinski definition) is 2. The maximum atomic E-state index is 11.4. The molecule has 1 aromatic carbocycles. The third-order valence-corrected chi connectivity index (χ3v) is 4.91. The summed E-state index contributed by atoms with van der Waals surface area (Å²) in [6.45, 7) is 5.13. The predicted octanol–water partition coefficient (Wildman–Crippen LogP) is 1.32. The molecule has 1 heterocycles. The Kier molecular flexibility index (Phi) is 4.28. The van der Waals surface area contributed by atoms with E-state index in [1.54, 1.807) is 12.1 Å². The van der Waals surface area contributed by atoms with Crippen molar-refractivity contribution in [2.24, 2.45) is 0 Å². The SMILES string of the molecule is CC1(NCc2ccc(S(C)(=O)=O)cc2)CCNCC1. The Bertz CT molecular complexity index is 517. The van der Waals surface area contributed by atoms with Crippen LogP contribution in [0.4, 0.5) is 0 Å². The van der Waals surface area contributed by atoms with Crippen molar-refractivity contribution in [1.29, 1.82) is 0 Å². The van der Waals surface area contributed by atoms with Crippen molar-refractivity contribution < 1.29 is 8.42 Å². The van der Waals surface area contributed by atoms with Crippen molar-refractivity contribution >= 4 is 9.84 Å². The first-order chi connectivity index (χ1) is 8.89. The molecule has 0 radical (unpaired) electrons. The van der Waals surface area contributed by atoms with Crippen LogP contribution >= 0.6 is 0 Å². The van der Waals surface area contributed by atoms with Crippen molar-refractivity contribution in [3.63, 3.8) is 0 Å². The van der Waals surface area contributed by atoms with Crippen LogP contribution in [0.25, 0.3) is 0 Å². The fourth-order valence-corrected chi connectivity index (χ4v) is 2.96. The fourth-order valence-electron chi connectivity index (χ4n) is 2.33. The monoisotopic (exact) mass is 282 g/mol. The molecule has 1 aromatic rings. The Balaban J connectivity index is 1.96. The first kappa shape index (κ1) is 14.5. The Hall–Kier alpha value is -0.910. The smallest absolute Gasteiger partial charge is 0.175 e. The summed E-state index contributed by atoms with van der Waals surface area (Å²) in [6.07, 6.45) is 3.47. The molecule has 106 valence electrons. The third kappa shape index (κ3) is 4.03.